The minimum Gasteiger partial charge on any atom is -0.490 e. The molecule has 43 heavy (non-hydrogen) atoms. The Morgan fingerprint density at radius 1 is 1.14 bits per heavy atom. The van der Waals surface area contributed by atoms with Crippen LogP contribution in [0.3, 0.4) is 0 Å². The molecule has 2 aliphatic rings. The zero-order valence-corrected chi connectivity index (χ0v) is 22.8. The van der Waals surface area contributed by atoms with Crippen LogP contribution in [0.4, 0.5) is 24.8 Å². The van der Waals surface area contributed by atoms with E-state index in [1.165, 1.54) is 12.1 Å². The lowest BCUT2D eigenvalue weighted by Crippen LogP contribution is -2.41. The third-order valence-corrected chi connectivity index (χ3v) is 7.87. The highest BCUT2D eigenvalue weighted by molar-refractivity contribution is 6.04. The van der Waals surface area contributed by atoms with Crippen molar-refractivity contribution < 1.29 is 32.6 Å². The molecule has 3 aromatic heterocycles. The number of nitrogens with zero attached hydrogens (tertiary/aromatic N) is 5. The summed E-state index contributed by atoms with van der Waals surface area (Å²) in [5, 5.41) is 11.8. The Morgan fingerprint density at radius 3 is 2.77 bits per heavy atom. The van der Waals surface area contributed by atoms with Gasteiger partial charge in [0.2, 0.25) is 5.91 Å². The number of ether oxygens (including phenoxy) is 1. The Labute approximate surface area is 243 Å². The van der Waals surface area contributed by atoms with Gasteiger partial charge in [0.1, 0.15) is 41.0 Å². The highest BCUT2D eigenvalue weighted by Gasteiger charge is 2.38. The van der Waals surface area contributed by atoms with Gasteiger partial charge in [0, 0.05) is 54.6 Å². The van der Waals surface area contributed by atoms with Crippen LogP contribution >= 0.6 is 0 Å². The van der Waals surface area contributed by atoms with Gasteiger partial charge in [0.15, 0.2) is 0 Å². The zero-order chi connectivity index (χ0) is 30.3. The fourth-order valence-corrected chi connectivity index (χ4v) is 5.84. The number of nitrogens with two attached hydrogens (primary N) is 1. The molecule has 2 aliphatic heterocycles. The number of nitrogens with one attached hydrogen (secondary N) is 1. The van der Waals surface area contributed by atoms with E-state index in [1.54, 1.807) is 18.5 Å². The molecule has 1 aromatic carbocycles. The number of aliphatic hydroxyl groups is 1. The van der Waals surface area contributed by atoms with Gasteiger partial charge in [-0.3, -0.25) is 14.0 Å². The van der Waals surface area contributed by atoms with Crippen molar-refractivity contribution in [1.82, 2.24) is 24.3 Å². The summed E-state index contributed by atoms with van der Waals surface area (Å²) >= 11 is 0. The van der Waals surface area contributed by atoms with Crippen molar-refractivity contribution in [3.8, 4) is 17.0 Å². The van der Waals surface area contributed by atoms with E-state index in [2.05, 4.69) is 15.3 Å². The maximum Gasteiger partial charge on any atom is 0.416 e. The summed E-state index contributed by atoms with van der Waals surface area (Å²) in [6.07, 6.45) is 2.83. The molecule has 11 nitrogen and oxygen atoms in total. The summed E-state index contributed by atoms with van der Waals surface area (Å²) in [6.45, 7) is 0.136. The lowest BCUT2D eigenvalue weighted by atomic mass is 9.92. The minimum atomic E-state index is -4.60. The number of fused-ring (bicyclic) bond motifs is 2. The molecule has 2 atom stereocenters. The molecule has 0 bridgehead atoms. The first kappa shape index (κ1) is 28.4. The third-order valence-electron chi connectivity index (χ3n) is 7.87. The number of piperidine rings is 1. The number of carbonyl (C=O) groups excluding carboxylic acids is 2. The molecular formula is C29H28F3N7O4. The number of alkyl halides is 3. The van der Waals surface area contributed by atoms with Crippen LogP contribution in [0.5, 0.6) is 5.75 Å². The summed E-state index contributed by atoms with van der Waals surface area (Å²) < 4.78 is 47.0. The normalized spacial score (nSPS) is 18.6. The van der Waals surface area contributed by atoms with Crippen molar-refractivity contribution in [3.63, 3.8) is 0 Å². The molecule has 2 unspecified atom stereocenters. The number of carbonyl (C=O) groups is 2. The van der Waals surface area contributed by atoms with Gasteiger partial charge in [0.25, 0.3) is 5.91 Å². The van der Waals surface area contributed by atoms with Gasteiger partial charge in [-0.15, -0.1) is 0 Å². The lowest BCUT2D eigenvalue weighted by Gasteiger charge is -2.34. The Hall–Kier alpha value is -4.72. The standard InChI is InChI=1S/C29H28F3N7O4/c30-29(31,32)18-7-8-34-22(14-18)36-28(42)16-2-5-20(21(13-16)43-12-11-40)24-25-26(33)35-9-10-38(25)27(37-24)17-1-3-19-4-6-23(41)39(19)15-17/h2,5,7-10,13-14,17,19,40H,1,3-4,6,11-12,15H2,(H2,33,35)(H,34,36,42). The molecule has 14 heteroatoms. The van der Waals surface area contributed by atoms with Gasteiger partial charge >= 0.3 is 6.18 Å². The van der Waals surface area contributed by atoms with E-state index in [-0.39, 0.29) is 54.0 Å². The molecular weight excluding hydrogens is 567 g/mol. The van der Waals surface area contributed by atoms with Crippen LogP contribution in [0, 0.1) is 0 Å². The SMILES string of the molecule is Nc1nccn2c(C3CCC4CCC(=O)N4C3)nc(-c3ccc(C(=O)Nc4cc(C(F)(F)F)ccn4)cc3OCCO)c12. The molecule has 2 fully saturated rings. The summed E-state index contributed by atoms with van der Waals surface area (Å²) in [6, 6.07) is 6.30. The van der Waals surface area contributed by atoms with Crippen molar-refractivity contribution in [2.75, 3.05) is 30.8 Å². The molecule has 4 aromatic rings. The Morgan fingerprint density at radius 2 is 1.98 bits per heavy atom. The number of hydrogen-bond acceptors (Lipinski definition) is 8. The number of hydrogen-bond donors (Lipinski definition) is 3. The average molecular weight is 596 g/mol. The number of anilines is 2. The molecule has 0 spiro atoms. The molecule has 0 radical (unpaired) electrons. The molecule has 5 heterocycles. The largest absolute Gasteiger partial charge is 0.490 e. The quantitative estimate of drug-likeness (QED) is 0.292. The monoisotopic (exact) mass is 595 g/mol. The number of nitrogen functional groups attached to an aromatic ring is 1. The minimum absolute atomic E-state index is 0.0480. The molecule has 0 aliphatic carbocycles. The number of rotatable bonds is 7. The van der Waals surface area contributed by atoms with Crippen LogP contribution in [0.15, 0.2) is 48.9 Å². The third kappa shape index (κ3) is 5.45. The van der Waals surface area contributed by atoms with Gasteiger partial charge in [-0.25, -0.2) is 15.0 Å². The van der Waals surface area contributed by atoms with Crippen molar-refractivity contribution in [2.45, 2.75) is 43.8 Å². The topological polar surface area (TPSA) is 148 Å². The number of aromatic nitrogens is 4. The predicted molar refractivity (Wildman–Crippen MR) is 149 cm³/mol. The number of benzene rings is 1. The number of aliphatic hydroxyl groups excluding tert-OH is 1. The van der Waals surface area contributed by atoms with Crippen LogP contribution in [0.1, 0.15) is 53.3 Å². The fourth-order valence-electron chi connectivity index (χ4n) is 5.84. The van der Waals surface area contributed by atoms with E-state index < -0.39 is 17.6 Å². The van der Waals surface area contributed by atoms with Gasteiger partial charge in [-0.2, -0.15) is 13.2 Å². The molecule has 6 rings (SSSR count). The summed E-state index contributed by atoms with van der Waals surface area (Å²) in [5.41, 5.74) is 6.89. The van der Waals surface area contributed by atoms with E-state index in [1.807, 2.05) is 9.30 Å². The van der Waals surface area contributed by atoms with Gasteiger partial charge in [-0.1, -0.05) is 0 Å². The first-order chi connectivity index (χ1) is 20.6. The molecule has 0 saturated carbocycles. The summed E-state index contributed by atoms with van der Waals surface area (Å²) in [4.78, 5) is 40.5. The van der Waals surface area contributed by atoms with E-state index in [4.69, 9.17) is 15.5 Å². The van der Waals surface area contributed by atoms with E-state index in [9.17, 15) is 27.9 Å². The maximum absolute atomic E-state index is 13.1. The Bertz CT molecular complexity index is 1710. The summed E-state index contributed by atoms with van der Waals surface area (Å²) in [7, 11) is 0. The van der Waals surface area contributed by atoms with Crippen LogP contribution in [0.25, 0.3) is 16.8 Å². The van der Waals surface area contributed by atoms with E-state index in [0.717, 1.165) is 37.6 Å². The van der Waals surface area contributed by atoms with Crippen molar-refractivity contribution in [2.24, 2.45) is 0 Å². The molecule has 2 amide bonds. The Balaban J connectivity index is 1.37. The van der Waals surface area contributed by atoms with Crippen LogP contribution in [-0.2, 0) is 11.0 Å². The van der Waals surface area contributed by atoms with Gasteiger partial charge < -0.3 is 25.8 Å². The first-order valence-corrected chi connectivity index (χ1v) is 13.8. The number of amides is 2. The highest BCUT2D eigenvalue weighted by atomic mass is 19.4. The predicted octanol–water partition coefficient (Wildman–Crippen LogP) is 3.88. The smallest absolute Gasteiger partial charge is 0.416 e. The molecule has 4 N–H and O–H groups in total. The maximum atomic E-state index is 13.1. The lowest BCUT2D eigenvalue weighted by molar-refractivity contribution is -0.137. The van der Waals surface area contributed by atoms with Crippen molar-refractivity contribution >= 4 is 29.0 Å². The molecule has 224 valence electrons. The van der Waals surface area contributed by atoms with Gasteiger partial charge in [0.05, 0.1) is 12.2 Å². The second-order valence-electron chi connectivity index (χ2n) is 10.5. The van der Waals surface area contributed by atoms with Crippen molar-refractivity contribution in [3.05, 3.63) is 65.9 Å². The second kappa shape index (κ2) is 11.2. The first-order valence-electron chi connectivity index (χ1n) is 13.8. The second-order valence-corrected chi connectivity index (χ2v) is 10.5. The Kier molecular flexibility index (Phi) is 7.38. The number of halogens is 3. The average Bonchev–Trinajstić information content (AvgIpc) is 3.56. The summed E-state index contributed by atoms with van der Waals surface area (Å²) in [5.74, 6) is 0.244. The van der Waals surface area contributed by atoms with Crippen LogP contribution < -0.4 is 15.8 Å². The zero-order valence-electron chi connectivity index (χ0n) is 22.8. The van der Waals surface area contributed by atoms with Gasteiger partial charge in [-0.05, 0) is 49.6 Å². The fraction of sp³-hybridized carbons (Fsp3) is 0.345. The van der Waals surface area contributed by atoms with Crippen LogP contribution in [0.2, 0.25) is 0 Å². The number of pyridine rings is 1. The highest BCUT2D eigenvalue weighted by Crippen LogP contribution is 2.40. The van der Waals surface area contributed by atoms with E-state index in [0.29, 0.717) is 35.6 Å². The van der Waals surface area contributed by atoms with E-state index >= 15 is 0 Å². The number of imidazole rings is 1. The molecule has 2 saturated heterocycles. The van der Waals surface area contributed by atoms with Crippen molar-refractivity contribution in [1.29, 1.82) is 0 Å². The van der Waals surface area contributed by atoms with Crippen LogP contribution in [-0.4, -0.2) is 67.0 Å².